The van der Waals surface area contributed by atoms with Crippen LogP contribution in [0.1, 0.15) is 21.2 Å². The molecule has 2 aromatic carbocycles. The summed E-state index contributed by atoms with van der Waals surface area (Å²) in [5.74, 6) is -0.696. The van der Waals surface area contributed by atoms with Crippen LogP contribution >= 0.6 is 11.8 Å². The fourth-order valence-corrected chi connectivity index (χ4v) is 4.04. The number of hydrogen-bond donors (Lipinski definition) is 0. The number of Topliss-reactive ketones (excluding diaryl/α,β-unsaturated/α-hetero) is 2. The van der Waals surface area contributed by atoms with Gasteiger partial charge in [0.1, 0.15) is 5.04 Å². The summed E-state index contributed by atoms with van der Waals surface area (Å²) in [5, 5.41) is 11.2. The molecule has 7 heteroatoms. The Kier molecular flexibility index (Phi) is 4.29. The van der Waals surface area contributed by atoms with Crippen LogP contribution in [0.4, 0.5) is 5.69 Å². The van der Waals surface area contributed by atoms with E-state index in [0.717, 1.165) is 5.56 Å². The summed E-state index contributed by atoms with van der Waals surface area (Å²) in [5.41, 5.74) is 1.73. The molecular weight excluding hydrogens is 364 g/mol. The molecule has 0 fully saturated rings. The number of hydrogen-bond acceptors (Lipinski definition) is 6. The number of allylic oxidation sites excluding steroid dienone is 1. The maximum absolute atomic E-state index is 12.8. The third-order valence-corrected chi connectivity index (χ3v) is 5.51. The molecule has 2 heterocycles. The van der Waals surface area contributed by atoms with Crippen molar-refractivity contribution in [2.75, 3.05) is 0 Å². The number of nitro benzene ring substituents is 1. The van der Waals surface area contributed by atoms with Crippen molar-refractivity contribution in [2.24, 2.45) is 4.99 Å². The molecule has 4 rings (SSSR count). The molecule has 0 N–H and O–H groups in total. The van der Waals surface area contributed by atoms with E-state index in [1.807, 2.05) is 0 Å². The number of fused-ring (bicyclic) bond motifs is 1. The van der Waals surface area contributed by atoms with Crippen LogP contribution in [0.15, 0.2) is 83.0 Å². The van der Waals surface area contributed by atoms with Crippen molar-refractivity contribution in [1.29, 1.82) is 0 Å². The molecule has 0 saturated heterocycles. The van der Waals surface area contributed by atoms with Crippen molar-refractivity contribution in [3.8, 4) is 0 Å². The molecule has 0 bridgehead atoms. The average Bonchev–Trinajstić information content (AvgIpc) is 3.14. The molecule has 132 valence electrons. The quantitative estimate of drug-likeness (QED) is 0.347. The van der Waals surface area contributed by atoms with Crippen molar-refractivity contribution in [3.63, 3.8) is 0 Å². The van der Waals surface area contributed by atoms with Crippen LogP contribution in [0.25, 0.3) is 0 Å². The molecule has 0 saturated carbocycles. The van der Waals surface area contributed by atoms with Crippen molar-refractivity contribution in [3.05, 3.63) is 99.3 Å². The standard InChI is InChI=1S/C20H12N2O4S/c23-18(13-4-2-1-3-5-13)16-11-21-20-15(19(16)24)10-17(27-20)12-6-8-14(9-7-12)22(25)26/h1-11,17H. The van der Waals surface area contributed by atoms with Crippen molar-refractivity contribution < 1.29 is 14.5 Å². The summed E-state index contributed by atoms with van der Waals surface area (Å²) in [7, 11) is 0. The van der Waals surface area contributed by atoms with Gasteiger partial charge in [-0.2, -0.15) is 0 Å². The van der Waals surface area contributed by atoms with Gasteiger partial charge in [0.2, 0.25) is 5.78 Å². The Balaban J connectivity index is 1.60. The summed E-state index contributed by atoms with van der Waals surface area (Å²) in [4.78, 5) is 40.0. The van der Waals surface area contributed by atoms with Gasteiger partial charge in [-0.05, 0) is 5.56 Å². The van der Waals surface area contributed by atoms with Crippen LogP contribution < -0.4 is 0 Å². The van der Waals surface area contributed by atoms with Gasteiger partial charge >= 0.3 is 0 Å². The summed E-state index contributed by atoms with van der Waals surface area (Å²) >= 11 is 1.39. The Hall–Kier alpha value is -3.32. The van der Waals surface area contributed by atoms with Gasteiger partial charge < -0.3 is 0 Å². The zero-order chi connectivity index (χ0) is 19.0. The van der Waals surface area contributed by atoms with Crippen molar-refractivity contribution >= 4 is 34.1 Å². The number of benzene rings is 2. The van der Waals surface area contributed by atoms with Gasteiger partial charge in [-0.15, -0.1) is 0 Å². The summed E-state index contributed by atoms with van der Waals surface area (Å²) in [6.07, 6.45) is 3.09. The predicted octanol–water partition coefficient (Wildman–Crippen LogP) is 4.06. The van der Waals surface area contributed by atoms with E-state index in [1.54, 1.807) is 48.5 Å². The molecule has 2 aliphatic heterocycles. The smallest absolute Gasteiger partial charge is 0.269 e. The van der Waals surface area contributed by atoms with Gasteiger partial charge in [0.15, 0.2) is 5.78 Å². The van der Waals surface area contributed by atoms with Gasteiger partial charge in [0, 0.05) is 23.9 Å². The van der Waals surface area contributed by atoms with Gasteiger partial charge in [0.05, 0.1) is 21.3 Å². The number of rotatable bonds is 4. The summed E-state index contributed by atoms with van der Waals surface area (Å²) in [6, 6.07) is 14.8. The SMILES string of the molecule is O=C1C(C(=O)c2ccccc2)=CN=C2SC(c3ccc([N+](=O)[O-])cc3)C=C12. The summed E-state index contributed by atoms with van der Waals surface area (Å²) in [6.45, 7) is 0. The van der Waals surface area contributed by atoms with E-state index in [4.69, 9.17) is 0 Å². The zero-order valence-corrected chi connectivity index (χ0v) is 14.7. The first-order chi connectivity index (χ1) is 13.0. The molecule has 0 radical (unpaired) electrons. The molecule has 1 atom stereocenters. The van der Waals surface area contributed by atoms with E-state index < -0.39 is 4.92 Å². The third kappa shape index (κ3) is 3.13. The van der Waals surface area contributed by atoms with Crippen LogP contribution in [-0.2, 0) is 4.79 Å². The predicted molar refractivity (Wildman–Crippen MR) is 103 cm³/mol. The largest absolute Gasteiger partial charge is 0.288 e. The molecule has 0 aliphatic carbocycles. The number of ketones is 2. The van der Waals surface area contributed by atoms with Gasteiger partial charge in [0.25, 0.3) is 5.69 Å². The first kappa shape index (κ1) is 17.1. The Morgan fingerprint density at radius 2 is 1.78 bits per heavy atom. The number of carbonyl (C=O) groups is 2. The Labute approximate surface area is 158 Å². The summed E-state index contributed by atoms with van der Waals surface area (Å²) < 4.78 is 0. The number of non-ortho nitro benzene ring substituents is 1. The molecule has 1 unspecified atom stereocenters. The fraction of sp³-hybridized carbons (Fsp3) is 0.0500. The van der Waals surface area contributed by atoms with Crippen LogP contribution in [0.2, 0.25) is 0 Å². The minimum Gasteiger partial charge on any atom is -0.288 e. The second kappa shape index (κ2) is 6.77. The van der Waals surface area contributed by atoms with Crippen LogP contribution in [0.5, 0.6) is 0 Å². The van der Waals surface area contributed by atoms with E-state index in [1.165, 1.54) is 30.1 Å². The first-order valence-electron chi connectivity index (χ1n) is 8.10. The van der Waals surface area contributed by atoms with E-state index in [-0.39, 0.29) is 28.1 Å². The van der Waals surface area contributed by atoms with E-state index in [9.17, 15) is 19.7 Å². The average molecular weight is 376 g/mol. The van der Waals surface area contributed by atoms with Gasteiger partial charge in [-0.25, -0.2) is 4.99 Å². The highest BCUT2D eigenvalue weighted by Crippen LogP contribution is 2.43. The lowest BCUT2D eigenvalue weighted by Gasteiger charge is -2.11. The molecule has 2 aromatic rings. The maximum Gasteiger partial charge on any atom is 0.269 e. The van der Waals surface area contributed by atoms with Crippen LogP contribution in [0, 0.1) is 10.1 Å². The molecule has 0 aromatic heterocycles. The third-order valence-electron chi connectivity index (χ3n) is 4.30. The second-order valence-electron chi connectivity index (χ2n) is 5.97. The lowest BCUT2D eigenvalue weighted by atomic mass is 9.94. The molecule has 0 spiro atoms. The number of thioether (sulfide) groups is 1. The van der Waals surface area contributed by atoms with Gasteiger partial charge in [-0.3, -0.25) is 19.7 Å². The number of nitrogens with zero attached hydrogens (tertiary/aromatic N) is 2. The van der Waals surface area contributed by atoms with E-state index in [2.05, 4.69) is 4.99 Å². The number of nitro groups is 1. The highest BCUT2D eigenvalue weighted by atomic mass is 32.2. The lowest BCUT2D eigenvalue weighted by Crippen LogP contribution is -2.20. The fourth-order valence-electron chi connectivity index (χ4n) is 2.90. The highest BCUT2D eigenvalue weighted by molar-refractivity contribution is 8.15. The molecule has 27 heavy (non-hydrogen) atoms. The van der Waals surface area contributed by atoms with E-state index in [0.29, 0.717) is 16.2 Å². The van der Waals surface area contributed by atoms with Crippen molar-refractivity contribution in [1.82, 2.24) is 0 Å². The van der Waals surface area contributed by atoms with Gasteiger partial charge in [-0.1, -0.05) is 60.3 Å². The Bertz CT molecular complexity index is 1050. The number of aliphatic imine (C=N–C) groups is 1. The minimum atomic E-state index is -0.456. The molecular formula is C20H12N2O4S. The Morgan fingerprint density at radius 1 is 1.07 bits per heavy atom. The maximum atomic E-state index is 12.8. The monoisotopic (exact) mass is 376 g/mol. The molecule has 0 amide bonds. The highest BCUT2D eigenvalue weighted by Gasteiger charge is 2.35. The first-order valence-corrected chi connectivity index (χ1v) is 8.98. The van der Waals surface area contributed by atoms with Crippen LogP contribution in [0.3, 0.4) is 0 Å². The van der Waals surface area contributed by atoms with E-state index >= 15 is 0 Å². The Morgan fingerprint density at radius 3 is 2.44 bits per heavy atom. The normalized spacial score (nSPS) is 18.3. The number of carbonyl (C=O) groups excluding carboxylic acids is 2. The molecule has 6 nitrogen and oxygen atoms in total. The molecule has 2 aliphatic rings. The van der Waals surface area contributed by atoms with Crippen molar-refractivity contribution in [2.45, 2.75) is 5.25 Å². The van der Waals surface area contributed by atoms with Crippen LogP contribution in [-0.4, -0.2) is 21.5 Å². The minimum absolute atomic E-state index is 0.0117. The lowest BCUT2D eigenvalue weighted by molar-refractivity contribution is -0.384. The topological polar surface area (TPSA) is 89.6 Å². The zero-order valence-electron chi connectivity index (χ0n) is 13.9. The second-order valence-corrected chi connectivity index (χ2v) is 7.10.